The van der Waals surface area contributed by atoms with Gasteiger partial charge in [-0.1, -0.05) is 6.92 Å². The quantitative estimate of drug-likeness (QED) is 0.747. The lowest BCUT2D eigenvalue weighted by molar-refractivity contribution is -0.132. The minimum atomic E-state index is -0.275. The second kappa shape index (κ2) is 6.50. The molecule has 3 N–H and O–H groups in total. The molecule has 0 radical (unpaired) electrons. The van der Waals surface area contributed by atoms with Crippen molar-refractivity contribution in [3.8, 4) is 0 Å². The van der Waals surface area contributed by atoms with E-state index in [0.717, 1.165) is 45.3 Å². The van der Waals surface area contributed by atoms with Gasteiger partial charge in [0.2, 0.25) is 5.91 Å². The largest absolute Gasteiger partial charge is 0.364 e. The molecule has 0 aromatic heterocycles. The maximum absolute atomic E-state index is 12.0. The molecule has 2 atom stereocenters. The van der Waals surface area contributed by atoms with Gasteiger partial charge >= 0.3 is 0 Å². The van der Waals surface area contributed by atoms with Crippen molar-refractivity contribution in [3.63, 3.8) is 0 Å². The lowest BCUT2D eigenvalue weighted by Gasteiger charge is -2.31. The van der Waals surface area contributed by atoms with E-state index in [4.69, 9.17) is 10.5 Å². The average Bonchev–Trinajstić information content (AvgIpc) is 2.88. The van der Waals surface area contributed by atoms with Crippen LogP contribution in [0.5, 0.6) is 0 Å². The summed E-state index contributed by atoms with van der Waals surface area (Å²) < 4.78 is 5.61. The van der Waals surface area contributed by atoms with Gasteiger partial charge in [0.1, 0.15) is 6.10 Å². The van der Waals surface area contributed by atoms with Crippen LogP contribution < -0.4 is 11.1 Å². The molecule has 2 heterocycles. The van der Waals surface area contributed by atoms with Crippen molar-refractivity contribution in [2.45, 2.75) is 50.9 Å². The van der Waals surface area contributed by atoms with Crippen LogP contribution in [-0.2, 0) is 9.53 Å². The van der Waals surface area contributed by atoms with Gasteiger partial charge in [0.05, 0.1) is 6.10 Å². The van der Waals surface area contributed by atoms with Crippen LogP contribution in [-0.4, -0.2) is 55.2 Å². The van der Waals surface area contributed by atoms with E-state index >= 15 is 0 Å². The molecule has 5 nitrogen and oxygen atoms in total. The number of nitrogens with one attached hydrogen (secondary N) is 1. The van der Waals surface area contributed by atoms with Gasteiger partial charge in [-0.15, -0.1) is 0 Å². The molecule has 0 unspecified atom stereocenters. The third kappa shape index (κ3) is 3.43. The molecule has 2 aliphatic heterocycles. The number of nitrogens with two attached hydrogens (primary N) is 1. The lowest BCUT2D eigenvalue weighted by Crippen LogP contribution is -2.47. The van der Waals surface area contributed by atoms with Gasteiger partial charge in [-0.3, -0.25) is 4.79 Å². The highest BCUT2D eigenvalue weighted by molar-refractivity contribution is 5.81. The first-order chi connectivity index (χ1) is 8.72. The minimum Gasteiger partial charge on any atom is -0.364 e. The molecular weight excluding hydrogens is 230 g/mol. The molecule has 18 heavy (non-hydrogen) atoms. The lowest BCUT2D eigenvalue weighted by atomic mass is 10.0. The number of nitrogens with zero attached hydrogens (tertiary/aromatic N) is 1. The van der Waals surface area contributed by atoms with Crippen LogP contribution in [0.25, 0.3) is 0 Å². The number of piperidine rings is 1. The molecule has 104 valence electrons. The van der Waals surface area contributed by atoms with Crippen molar-refractivity contribution in [2.75, 3.05) is 26.2 Å². The summed E-state index contributed by atoms with van der Waals surface area (Å²) in [4.78, 5) is 14.5. The molecule has 2 rings (SSSR count). The molecule has 0 aromatic carbocycles. The second-order valence-electron chi connectivity index (χ2n) is 5.28. The molecule has 2 aliphatic rings. The van der Waals surface area contributed by atoms with Gasteiger partial charge in [0.25, 0.3) is 0 Å². The Balaban J connectivity index is 1.72. The zero-order chi connectivity index (χ0) is 13.0. The fraction of sp³-hybridized carbons (Fsp3) is 0.923. The number of carbonyl (C=O) groups is 1. The number of rotatable bonds is 4. The Kier molecular flexibility index (Phi) is 4.97. The van der Waals surface area contributed by atoms with Crippen molar-refractivity contribution in [2.24, 2.45) is 5.73 Å². The SMILES string of the molecule is CCN1CCC(NC(=O)[C@@H]2CC[C@H](CN)O2)CC1. The zero-order valence-electron chi connectivity index (χ0n) is 11.2. The summed E-state index contributed by atoms with van der Waals surface area (Å²) in [6.45, 7) is 5.96. The average molecular weight is 255 g/mol. The standard InChI is InChI=1S/C13H25N3O2/c1-2-16-7-5-10(6-8-16)15-13(17)12-4-3-11(9-14)18-12/h10-12H,2-9,14H2,1H3,(H,15,17)/t11-,12+/m1/s1. The minimum absolute atomic E-state index is 0.0564. The van der Waals surface area contributed by atoms with Gasteiger partial charge in [-0.25, -0.2) is 0 Å². The highest BCUT2D eigenvalue weighted by atomic mass is 16.5. The normalized spacial score (nSPS) is 30.6. The first-order valence-electron chi connectivity index (χ1n) is 7.11. The fourth-order valence-corrected chi connectivity index (χ4v) is 2.76. The van der Waals surface area contributed by atoms with E-state index in [-0.39, 0.29) is 18.1 Å². The molecule has 0 saturated carbocycles. The van der Waals surface area contributed by atoms with Gasteiger partial charge in [-0.2, -0.15) is 0 Å². The molecular formula is C13H25N3O2. The fourth-order valence-electron chi connectivity index (χ4n) is 2.76. The van der Waals surface area contributed by atoms with E-state index < -0.39 is 0 Å². The van der Waals surface area contributed by atoms with Gasteiger partial charge in [-0.05, 0) is 32.2 Å². The number of amides is 1. The van der Waals surface area contributed by atoms with E-state index in [1.165, 1.54) is 0 Å². The Morgan fingerprint density at radius 2 is 2.06 bits per heavy atom. The molecule has 2 fully saturated rings. The monoisotopic (exact) mass is 255 g/mol. The summed E-state index contributed by atoms with van der Waals surface area (Å²) in [6, 6.07) is 0.320. The number of likely N-dealkylation sites (tertiary alicyclic amines) is 1. The van der Waals surface area contributed by atoms with Crippen LogP contribution >= 0.6 is 0 Å². The summed E-state index contributed by atoms with van der Waals surface area (Å²) in [5.41, 5.74) is 5.55. The maximum atomic E-state index is 12.0. The Morgan fingerprint density at radius 3 is 2.61 bits per heavy atom. The second-order valence-corrected chi connectivity index (χ2v) is 5.28. The van der Waals surface area contributed by atoms with Crippen molar-refractivity contribution >= 4 is 5.91 Å². The highest BCUT2D eigenvalue weighted by Gasteiger charge is 2.31. The van der Waals surface area contributed by atoms with Crippen LogP contribution in [0.15, 0.2) is 0 Å². The Labute approximate surface area is 109 Å². The third-order valence-electron chi connectivity index (χ3n) is 4.04. The van der Waals surface area contributed by atoms with Crippen molar-refractivity contribution in [1.82, 2.24) is 10.2 Å². The van der Waals surface area contributed by atoms with E-state index in [2.05, 4.69) is 17.1 Å². The summed E-state index contributed by atoms with van der Waals surface area (Å²) in [7, 11) is 0. The Bertz CT molecular complexity index is 277. The molecule has 0 aromatic rings. The summed E-state index contributed by atoms with van der Waals surface area (Å²) in [5, 5.41) is 3.12. The summed E-state index contributed by atoms with van der Waals surface area (Å²) in [6.07, 6.45) is 3.61. The van der Waals surface area contributed by atoms with Gasteiger partial charge < -0.3 is 20.7 Å². The predicted molar refractivity (Wildman–Crippen MR) is 70.2 cm³/mol. The van der Waals surface area contributed by atoms with Crippen LogP contribution in [0.3, 0.4) is 0 Å². The van der Waals surface area contributed by atoms with E-state index in [1.54, 1.807) is 0 Å². The number of hydrogen-bond acceptors (Lipinski definition) is 4. The molecule has 0 bridgehead atoms. The summed E-state index contributed by atoms with van der Waals surface area (Å²) in [5.74, 6) is 0.0564. The Hall–Kier alpha value is -0.650. The number of ether oxygens (including phenoxy) is 1. The molecule has 1 amide bonds. The van der Waals surface area contributed by atoms with Crippen molar-refractivity contribution in [1.29, 1.82) is 0 Å². The Morgan fingerprint density at radius 1 is 1.33 bits per heavy atom. The first-order valence-corrected chi connectivity index (χ1v) is 7.11. The number of hydrogen-bond donors (Lipinski definition) is 2. The molecule has 0 spiro atoms. The molecule has 0 aliphatic carbocycles. The van der Waals surface area contributed by atoms with Crippen molar-refractivity contribution < 1.29 is 9.53 Å². The predicted octanol–water partition coefficient (Wildman–Crippen LogP) is 0.0932. The van der Waals surface area contributed by atoms with Crippen molar-refractivity contribution in [3.05, 3.63) is 0 Å². The highest BCUT2D eigenvalue weighted by Crippen LogP contribution is 2.19. The third-order valence-corrected chi connectivity index (χ3v) is 4.04. The van der Waals surface area contributed by atoms with Gasteiger partial charge in [0, 0.05) is 25.7 Å². The van der Waals surface area contributed by atoms with Crippen LogP contribution in [0.4, 0.5) is 0 Å². The van der Waals surface area contributed by atoms with Crippen LogP contribution in [0, 0.1) is 0 Å². The zero-order valence-corrected chi connectivity index (χ0v) is 11.2. The van der Waals surface area contributed by atoms with E-state index in [1.807, 2.05) is 0 Å². The summed E-state index contributed by atoms with van der Waals surface area (Å²) >= 11 is 0. The molecule has 5 heteroatoms. The van der Waals surface area contributed by atoms with Crippen LogP contribution in [0.1, 0.15) is 32.6 Å². The maximum Gasteiger partial charge on any atom is 0.249 e. The number of carbonyl (C=O) groups excluding carboxylic acids is 1. The van der Waals surface area contributed by atoms with E-state index in [0.29, 0.717) is 12.6 Å². The first kappa shape index (κ1) is 13.8. The van der Waals surface area contributed by atoms with E-state index in [9.17, 15) is 4.79 Å². The smallest absolute Gasteiger partial charge is 0.249 e. The molecule has 2 saturated heterocycles. The van der Waals surface area contributed by atoms with Gasteiger partial charge in [0.15, 0.2) is 0 Å². The topological polar surface area (TPSA) is 67.6 Å². The van der Waals surface area contributed by atoms with Crippen LogP contribution in [0.2, 0.25) is 0 Å².